The number of pyridine rings is 1. The molecule has 2 spiro atoms. The summed E-state index contributed by atoms with van der Waals surface area (Å²) in [4.78, 5) is 50.3. The largest absolute Gasteiger partial charge is 0.293 e. The fraction of sp³-hybridized carbons (Fsp3) is 0.163. The molecule has 0 unspecified atom stereocenters. The first-order valence-electron chi connectivity index (χ1n) is 20.4. The minimum Gasteiger partial charge on any atom is -0.293 e. The molecule has 0 atom stereocenters. The highest BCUT2D eigenvalue weighted by atomic mass is 19.1. The lowest BCUT2D eigenvalue weighted by Gasteiger charge is -2.17. The van der Waals surface area contributed by atoms with Crippen molar-refractivity contribution in [1.29, 1.82) is 0 Å². The number of hydrogen-bond acceptors (Lipinski definition) is 7. The zero-order valence-corrected chi connectivity index (χ0v) is 33.6. The molecule has 0 bridgehead atoms. The Hall–Kier alpha value is -8.17. The minimum atomic E-state index is -0.874. The molecule has 6 aliphatic rings. The van der Waals surface area contributed by atoms with E-state index in [0.717, 1.165) is 45.3 Å². The number of allylic oxidation sites excluding steroid dienone is 2. The number of fused-ring (bicyclic) bond motifs is 4. The Morgan fingerprint density at radius 2 is 0.969 bits per heavy atom. The zero-order valence-electron chi connectivity index (χ0n) is 33.6. The number of benzene rings is 3. The molecule has 11 nitrogen and oxygen atoms in total. The van der Waals surface area contributed by atoms with Crippen LogP contribution in [0, 0.1) is 47.0 Å². The molecule has 2 fully saturated rings. The fourth-order valence-corrected chi connectivity index (χ4v) is 8.53. The second-order valence-electron chi connectivity index (χ2n) is 15.8. The average Bonchev–Trinajstić information content (AvgIpc) is 3.74. The van der Waals surface area contributed by atoms with Gasteiger partial charge in [-0.3, -0.25) is 33.7 Å². The first-order valence-corrected chi connectivity index (χ1v) is 20.4. The summed E-state index contributed by atoms with van der Waals surface area (Å²) in [6, 6.07) is 17.2. The summed E-state index contributed by atoms with van der Waals surface area (Å²) in [5, 5.41) is 0. The monoisotopic (exact) mass is 853 g/mol. The van der Waals surface area contributed by atoms with Crippen LogP contribution in [0.15, 0.2) is 126 Å². The molecule has 3 aromatic carbocycles. The van der Waals surface area contributed by atoms with E-state index in [4.69, 9.17) is 0 Å². The summed E-state index contributed by atoms with van der Waals surface area (Å²) in [6.45, 7) is 1.13. The van der Waals surface area contributed by atoms with Gasteiger partial charge in [0.2, 0.25) is 11.9 Å². The van der Waals surface area contributed by atoms with Gasteiger partial charge in [-0.15, -0.1) is 0 Å². The van der Waals surface area contributed by atoms with Crippen LogP contribution >= 0.6 is 0 Å². The van der Waals surface area contributed by atoms with Crippen LogP contribution < -0.4 is 9.80 Å². The van der Waals surface area contributed by atoms with E-state index in [1.165, 1.54) is 0 Å². The van der Waals surface area contributed by atoms with Gasteiger partial charge in [-0.2, -0.15) is 0 Å². The summed E-state index contributed by atoms with van der Waals surface area (Å²) in [7, 11) is 0. The van der Waals surface area contributed by atoms with Crippen LogP contribution in [0.1, 0.15) is 59.3 Å². The van der Waals surface area contributed by atoms with Gasteiger partial charge < -0.3 is 0 Å². The Morgan fingerprint density at radius 1 is 0.531 bits per heavy atom. The number of aromatic nitrogens is 5. The number of aliphatic imine (C=N–C) groups is 2. The third-order valence-electron chi connectivity index (χ3n) is 11.8. The summed E-state index contributed by atoms with van der Waals surface area (Å²) in [6.07, 6.45) is 16.3. The lowest BCUT2D eigenvalue weighted by atomic mass is 10.1. The number of carbonyl (C=O) groups excluding carboxylic acids is 2. The van der Waals surface area contributed by atoms with Crippen LogP contribution in [-0.2, 0) is 20.7 Å². The van der Waals surface area contributed by atoms with E-state index in [0.29, 0.717) is 61.4 Å². The Labute approximate surface area is 362 Å². The molecule has 6 aromatic rings. The summed E-state index contributed by atoms with van der Waals surface area (Å²) in [5.74, 6) is 7.44. The zero-order chi connectivity index (χ0) is 43.7. The Balaban J connectivity index is 0.000000143. The first-order chi connectivity index (χ1) is 31.2. The maximum atomic E-state index is 15.2. The van der Waals surface area contributed by atoms with Crippen molar-refractivity contribution in [3.05, 3.63) is 173 Å². The lowest BCUT2D eigenvalue weighted by molar-refractivity contribution is -0.121. The van der Waals surface area contributed by atoms with Gasteiger partial charge in [0.15, 0.2) is 23.3 Å². The van der Waals surface area contributed by atoms with Crippen LogP contribution in [0.5, 0.6) is 0 Å². The van der Waals surface area contributed by atoms with Crippen molar-refractivity contribution in [1.82, 2.24) is 24.1 Å². The lowest BCUT2D eigenvalue weighted by Crippen LogP contribution is -2.32. The fourth-order valence-electron chi connectivity index (χ4n) is 8.53. The van der Waals surface area contributed by atoms with Crippen LogP contribution in [0.2, 0.25) is 0 Å². The SMILES string of the molecule is O=C1N(c2c(F)cc(C#Cc3ccccc3)cc2F)c2ncc(C3=NCC=C3)n2C12CC2.O=C1N(c2c(F)cc(C#Cc3cccnc3)cc2F)c2ncc(C3=NCC=C3)n2C12CC2. The van der Waals surface area contributed by atoms with Gasteiger partial charge in [0, 0.05) is 34.6 Å². The van der Waals surface area contributed by atoms with Crippen LogP contribution in [0.3, 0.4) is 0 Å². The molecule has 3 aromatic heterocycles. The molecule has 2 aliphatic carbocycles. The van der Waals surface area contributed by atoms with Gasteiger partial charge in [0.05, 0.1) is 48.3 Å². The summed E-state index contributed by atoms with van der Waals surface area (Å²) >= 11 is 0. The highest BCUT2D eigenvalue weighted by Crippen LogP contribution is 2.56. The molecule has 2 saturated carbocycles. The topological polar surface area (TPSA) is 114 Å². The molecule has 12 rings (SSSR count). The van der Waals surface area contributed by atoms with Gasteiger partial charge in [-0.25, -0.2) is 37.3 Å². The van der Waals surface area contributed by atoms with E-state index < -0.39 is 45.7 Å². The number of nitrogens with zero attached hydrogens (tertiary/aromatic N) is 9. The maximum Gasteiger partial charge on any atom is 0.260 e. The summed E-state index contributed by atoms with van der Waals surface area (Å²) < 4.78 is 64.2. The van der Waals surface area contributed by atoms with E-state index >= 15 is 17.6 Å². The van der Waals surface area contributed by atoms with Crippen molar-refractivity contribution >= 4 is 46.5 Å². The maximum absolute atomic E-state index is 15.2. The molecule has 2 amide bonds. The van der Waals surface area contributed by atoms with E-state index in [-0.39, 0.29) is 34.8 Å². The third kappa shape index (κ3) is 6.19. The number of rotatable bonds is 4. The summed E-state index contributed by atoms with van der Waals surface area (Å²) in [5.41, 5.74) is 1.97. The molecular formula is C49H31F4N9O2. The quantitative estimate of drug-likeness (QED) is 0.134. The third-order valence-corrected chi connectivity index (χ3v) is 11.8. The van der Waals surface area contributed by atoms with Gasteiger partial charge >= 0.3 is 0 Å². The van der Waals surface area contributed by atoms with Gasteiger partial charge in [-0.05, 0) is 86.4 Å². The predicted molar refractivity (Wildman–Crippen MR) is 230 cm³/mol. The van der Waals surface area contributed by atoms with E-state index in [2.05, 4.69) is 48.6 Å². The molecule has 15 heteroatoms. The van der Waals surface area contributed by atoms with Crippen molar-refractivity contribution in [3.63, 3.8) is 0 Å². The Kier molecular flexibility index (Phi) is 8.92. The van der Waals surface area contributed by atoms with Crippen molar-refractivity contribution < 1.29 is 27.2 Å². The normalized spacial score (nSPS) is 17.4. The van der Waals surface area contributed by atoms with Crippen molar-refractivity contribution in [2.45, 2.75) is 36.8 Å². The number of hydrogen-bond donors (Lipinski definition) is 0. The molecule has 0 N–H and O–H groups in total. The smallest absolute Gasteiger partial charge is 0.260 e. The molecule has 4 aliphatic heterocycles. The van der Waals surface area contributed by atoms with Gasteiger partial charge in [-0.1, -0.05) is 54.0 Å². The van der Waals surface area contributed by atoms with Crippen LogP contribution in [0.25, 0.3) is 0 Å². The molecule has 7 heterocycles. The highest BCUT2D eigenvalue weighted by molar-refractivity contribution is 6.15. The molecule has 64 heavy (non-hydrogen) atoms. The Morgan fingerprint density at radius 3 is 1.38 bits per heavy atom. The van der Waals surface area contributed by atoms with Gasteiger partial charge in [0.1, 0.15) is 22.5 Å². The van der Waals surface area contributed by atoms with E-state index in [1.807, 2.05) is 54.6 Å². The van der Waals surface area contributed by atoms with Gasteiger partial charge in [0.25, 0.3) is 11.8 Å². The van der Waals surface area contributed by atoms with E-state index in [9.17, 15) is 9.59 Å². The molecule has 312 valence electrons. The molecule has 0 radical (unpaired) electrons. The number of imidazole rings is 2. The first kappa shape index (κ1) is 38.7. The van der Waals surface area contributed by atoms with Crippen molar-refractivity contribution in [2.24, 2.45) is 9.98 Å². The van der Waals surface area contributed by atoms with E-state index in [1.54, 1.807) is 46.1 Å². The minimum absolute atomic E-state index is 0.162. The second-order valence-corrected chi connectivity index (χ2v) is 15.8. The number of halogens is 4. The van der Waals surface area contributed by atoms with Crippen molar-refractivity contribution in [2.75, 3.05) is 22.9 Å². The van der Waals surface area contributed by atoms with Crippen molar-refractivity contribution in [3.8, 4) is 23.7 Å². The average molecular weight is 854 g/mol. The second kappa shape index (κ2) is 14.7. The number of anilines is 4. The number of carbonyl (C=O) groups is 2. The predicted octanol–water partition coefficient (Wildman–Crippen LogP) is 7.57. The number of amides is 2. The van der Waals surface area contributed by atoms with Crippen LogP contribution in [-0.4, -0.2) is 60.4 Å². The molecular weight excluding hydrogens is 823 g/mol. The standard InChI is InChI=1S/C25H16F2N4O.C24H15F2N5O/c26-18-13-17(9-8-16-5-2-1-3-6-16)14-19(27)22(18)30-23(32)25(10-11-25)31-21(15-29-24(30)31)20-7-4-12-28-20;25-17-11-16(6-5-15-3-1-9-27-13-15)12-18(26)21(17)30-22(32)24(7-8-24)31-20(14-29-23(30)31)19-4-2-10-28-19/h1-7,13-15H,10-12H2;1-4,9,11-14H,7-8,10H2. The highest BCUT2D eigenvalue weighted by Gasteiger charge is 2.63. The molecule has 0 saturated heterocycles. The Bertz CT molecular complexity index is 2980. The van der Waals surface area contributed by atoms with Crippen LogP contribution in [0.4, 0.5) is 40.8 Å².